The van der Waals surface area contributed by atoms with E-state index in [1.54, 1.807) is 53.9 Å². The Balaban J connectivity index is 1.30. The van der Waals surface area contributed by atoms with Crippen molar-refractivity contribution in [2.24, 2.45) is 0 Å². The van der Waals surface area contributed by atoms with Crippen LogP contribution < -0.4 is 10.0 Å². The van der Waals surface area contributed by atoms with Crippen LogP contribution in [-0.4, -0.2) is 25.1 Å². The van der Waals surface area contributed by atoms with Gasteiger partial charge in [0, 0.05) is 21.5 Å². The number of nitrogens with one attached hydrogen (secondary N) is 2. The van der Waals surface area contributed by atoms with Gasteiger partial charge in [0.25, 0.3) is 10.0 Å². The molecule has 170 valence electrons. The average Bonchev–Trinajstić information content (AvgIpc) is 3.48. The first-order chi connectivity index (χ1) is 15.8. The van der Waals surface area contributed by atoms with Gasteiger partial charge in [-0.3, -0.25) is 9.52 Å². The summed E-state index contributed by atoms with van der Waals surface area (Å²) in [5, 5.41) is 7.72. The smallest absolute Gasteiger partial charge is 0.271 e. The molecule has 0 aliphatic carbocycles. The van der Waals surface area contributed by atoms with E-state index in [0.717, 1.165) is 21.8 Å². The van der Waals surface area contributed by atoms with Gasteiger partial charge in [0.1, 0.15) is 4.21 Å². The van der Waals surface area contributed by atoms with Crippen molar-refractivity contribution in [3.8, 4) is 11.3 Å². The van der Waals surface area contributed by atoms with Crippen molar-refractivity contribution in [2.75, 3.05) is 15.8 Å². The predicted molar refractivity (Wildman–Crippen MR) is 138 cm³/mol. The molecule has 0 unspecified atom stereocenters. The summed E-state index contributed by atoms with van der Waals surface area (Å²) in [5.41, 5.74) is 1.96. The van der Waals surface area contributed by atoms with Gasteiger partial charge in [-0.05, 0) is 47.8 Å². The van der Waals surface area contributed by atoms with E-state index in [0.29, 0.717) is 26.6 Å². The van der Waals surface area contributed by atoms with Gasteiger partial charge in [0.05, 0.1) is 21.5 Å². The third kappa shape index (κ3) is 6.28. The number of thiophene rings is 1. The third-order valence-electron chi connectivity index (χ3n) is 4.20. The highest BCUT2D eigenvalue weighted by molar-refractivity contribution is 8.00. The molecule has 4 aromatic rings. The Hall–Kier alpha value is -2.08. The van der Waals surface area contributed by atoms with Gasteiger partial charge < -0.3 is 5.32 Å². The summed E-state index contributed by atoms with van der Waals surface area (Å²) in [4.78, 5) is 17.6. The largest absolute Gasteiger partial charge is 0.301 e. The van der Waals surface area contributed by atoms with Crippen LogP contribution in [0.2, 0.25) is 10.0 Å². The first-order valence-corrected chi connectivity index (χ1v) is 14.3. The number of hydrogen-bond acceptors (Lipinski definition) is 7. The molecule has 2 aromatic heterocycles. The van der Waals surface area contributed by atoms with Gasteiger partial charge in [0.2, 0.25) is 5.91 Å². The van der Waals surface area contributed by atoms with Crippen LogP contribution in [0.15, 0.2) is 74.5 Å². The van der Waals surface area contributed by atoms with Gasteiger partial charge in [0.15, 0.2) is 5.13 Å². The molecular weight excluding hydrogens is 541 g/mol. The molecule has 2 aromatic carbocycles. The van der Waals surface area contributed by atoms with E-state index in [2.05, 4.69) is 15.0 Å². The molecule has 33 heavy (non-hydrogen) atoms. The summed E-state index contributed by atoms with van der Waals surface area (Å²) in [6, 6.07) is 15.3. The lowest BCUT2D eigenvalue weighted by Gasteiger charge is -2.07. The van der Waals surface area contributed by atoms with Crippen LogP contribution in [-0.2, 0) is 14.8 Å². The normalized spacial score (nSPS) is 11.3. The zero-order chi connectivity index (χ0) is 23.4. The highest BCUT2D eigenvalue weighted by Crippen LogP contribution is 2.31. The molecule has 0 radical (unpaired) electrons. The lowest BCUT2D eigenvalue weighted by atomic mass is 10.2. The highest BCUT2D eigenvalue weighted by Gasteiger charge is 2.15. The second-order valence-electron chi connectivity index (χ2n) is 6.57. The molecule has 0 saturated heterocycles. The second-order valence-corrected chi connectivity index (χ2v) is 12.1. The molecule has 0 fully saturated rings. The molecule has 0 atom stereocenters. The topological polar surface area (TPSA) is 88.2 Å². The van der Waals surface area contributed by atoms with E-state index in [1.165, 1.54) is 23.1 Å². The number of amides is 1. The van der Waals surface area contributed by atoms with Crippen molar-refractivity contribution in [2.45, 2.75) is 9.10 Å². The molecule has 12 heteroatoms. The van der Waals surface area contributed by atoms with Crippen molar-refractivity contribution in [3.63, 3.8) is 0 Å². The molecule has 2 heterocycles. The first kappa shape index (κ1) is 24.1. The second kappa shape index (κ2) is 10.5. The lowest BCUT2D eigenvalue weighted by Crippen LogP contribution is -2.13. The first-order valence-electron chi connectivity index (χ1n) is 9.30. The molecule has 0 bridgehead atoms. The molecule has 2 N–H and O–H groups in total. The summed E-state index contributed by atoms with van der Waals surface area (Å²) in [7, 11) is -3.59. The van der Waals surface area contributed by atoms with Gasteiger partial charge in [-0.2, -0.15) is 0 Å². The summed E-state index contributed by atoms with van der Waals surface area (Å²) in [6.45, 7) is 0. The number of aromatic nitrogens is 1. The maximum atomic E-state index is 12.3. The number of thioether (sulfide) groups is 1. The zero-order valence-electron chi connectivity index (χ0n) is 16.6. The Kier molecular flexibility index (Phi) is 7.62. The van der Waals surface area contributed by atoms with E-state index >= 15 is 0 Å². The van der Waals surface area contributed by atoms with E-state index in [4.69, 9.17) is 23.2 Å². The number of hydrogen-bond donors (Lipinski definition) is 2. The monoisotopic (exact) mass is 555 g/mol. The number of sulfonamides is 1. The lowest BCUT2D eigenvalue weighted by molar-refractivity contribution is -0.113. The predicted octanol–water partition coefficient (Wildman–Crippen LogP) is 6.71. The molecule has 4 rings (SSSR count). The number of carbonyl (C=O) groups is 1. The van der Waals surface area contributed by atoms with E-state index in [9.17, 15) is 13.2 Å². The Labute approximate surface area is 213 Å². The number of carbonyl (C=O) groups excluding carboxylic acids is 1. The average molecular weight is 557 g/mol. The molecule has 0 aliphatic rings. The molecule has 0 aliphatic heterocycles. The maximum Gasteiger partial charge on any atom is 0.271 e. The van der Waals surface area contributed by atoms with Gasteiger partial charge in [-0.1, -0.05) is 35.3 Å². The third-order valence-corrected chi connectivity index (χ3v) is 9.49. The number of benzene rings is 2. The number of rotatable bonds is 8. The molecule has 1 amide bonds. The number of anilines is 2. The van der Waals surface area contributed by atoms with Crippen LogP contribution >= 0.6 is 57.6 Å². The minimum absolute atomic E-state index is 0.182. The minimum atomic E-state index is -3.59. The molecule has 0 spiro atoms. The summed E-state index contributed by atoms with van der Waals surface area (Å²) in [6.07, 6.45) is 0. The van der Waals surface area contributed by atoms with Crippen molar-refractivity contribution >= 4 is 84.4 Å². The molecule has 0 saturated carbocycles. The molecule has 6 nitrogen and oxygen atoms in total. The van der Waals surface area contributed by atoms with Crippen LogP contribution in [0.4, 0.5) is 10.8 Å². The van der Waals surface area contributed by atoms with Crippen LogP contribution in [0.25, 0.3) is 11.3 Å². The van der Waals surface area contributed by atoms with Crippen LogP contribution in [0.1, 0.15) is 0 Å². The Morgan fingerprint density at radius 3 is 2.52 bits per heavy atom. The van der Waals surface area contributed by atoms with Crippen molar-refractivity contribution < 1.29 is 13.2 Å². The number of nitrogens with zero attached hydrogens (tertiary/aromatic N) is 1. The fourth-order valence-electron chi connectivity index (χ4n) is 2.66. The van der Waals surface area contributed by atoms with Gasteiger partial charge in [-0.15, -0.1) is 34.4 Å². The Morgan fingerprint density at radius 1 is 1.03 bits per heavy atom. The minimum Gasteiger partial charge on any atom is -0.301 e. The standard InChI is InChI=1S/C21H15Cl2N3O3S4/c22-16-8-3-13(10-17(16)23)18-11-32-21(24-18)25-19(27)12-31-15-6-4-14(5-7-15)26-33(28,29)20-2-1-9-30-20/h1-11,26H,12H2,(H,24,25,27). The van der Waals surface area contributed by atoms with Crippen molar-refractivity contribution in [3.05, 3.63) is 75.4 Å². The zero-order valence-corrected chi connectivity index (χ0v) is 21.4. The van der Waals surface area contributed by atoms with Crippen LogP contribution in [0.5, 0.6) is 0 Å². The maximum absolute atomic E-state index is 12.3. The van der Waals surface area contributed by atoms with Gasteiger partial charge in [-0.25, -0.2) is 13.4 Å². The van der Waals surface area contributed by atoms with Crippen molar-refractivity contribution in [1.82, 2.24) is 4.98 Å². The van der Waals surface area contributed by atoms with Crippen LogP contribution in [0, 0.1) is 0 Å². The Morgan fingerprint density at radius 2 is 1.82 bits per heavy atom. The fraction of sp³-hybridized carbons (Fsp3) is 0.0476. The van der Waals surface area contributed by atoms with E-state index in [1.807, 2.05) is 11.4 Å². The summed E-state index contributed by atoms with van der Waals surface area (Å²) < 4.78 is 27.4. The van der Waals surface area contributed by atoms with Crippen molar-refractivity contribution in [1.29, 1.82) is 0 Å². The SMILES string of the molecule is O=C(CSc1ccc(NS(=O)(=O)c2cccs2)cc1)Nc1nc(-c2ccc(Cl)c(Cl)c2)cs1. The summed E-state index contributed by atoms with van der Waals surface area (Å²) >= 11 is 15.8. The summed E-state index contributed by atoms with van der Waals surface area (Å²) in [5.74, 6) is -0.0143. The number of thiazole rings is 1. The molecular formula is C21H15Cl2N3O3S4. The van der Waals surface area contributed by atoms with Gasteiger partial charge >= 0.3 is 0 Å². The number of halogens is 2. The van der Waals surface area contributed by atoms with E-state index < -0.39 is 10.0 Å². The van der Waals surface area contributed by atoms with E-state index in [-0.39, 0.29) is 15.9 Å². The Bertz CT molecular complexity index is 1370. The highest BCUT2D eigenvalue weighted by atomic mass is 35.5. The fourth-order valence-corrected chi connectivity index (χ4v) is 6.45. The van der Waals surface area contributed by atoms with Crippen LogP contribution in [0.3, 0.4) is 0 Å². The quantitative estimate of drug-likeness (QED) is 0.236.